The van der Waals surface area contributed by atoms with E-state index in [-0.39, 0.29) is 6.03 Å². The Morgan fingerprint density at radius 1 is 0.824 bits per heavy atom. The Labute approximate surface area is 206 Å². The number of benzene rings is 5. The monoisotopic (exact) mass is 510 g/mol. The molecule has 0 aliphatic heterocycles. The first-order valence-electron chi connectivity index (χ1n) is 11.0. The molecule has 0 heterocycles. The number of nitrogens with one attached hydrogen (secondary N) is 1. The molecule has 0 unspecified atom stereocenters. The van der Waals surface area contributed by atoms with E-state index < -0.39 is 0 Å². The van der Waals surface area contributed by atoms with E-state index in [4.69, 9.17) is 4.74 Å². The van der Waals surface area contributed by atoms with Crippen molar-refractivity contribution in [2.24, 2.45) is 0 Å². The highest BCUT2D eigenvalue weighted by atomic mass is 79.9. The number of nitrogens with zero attached hydrogens (tertiary/aromatic N) is 1. The second-order valence-electron chi connectivity index (χ2n) is 8.02. The number of fused-ring (bicyclic) bond motifs is 2. The van der Waals surface area contributed by atoms with Gasteiger partial charge in [0.1, 0.15) is 5.75 Å². The number of anilines is 2. The lowest BCUT2D eigenvalue weighted by atomic mass is 9.96. The van der Waals surface area contributed by atoms with Crippen molar-refractivity contribution in [3.05, 3.63) is 113 Å². The van der Waals surface area contributed by atoms with Gasteiger partial charge in [0.25, 0.3) is 0 Å². The van der Waals surface area contributed by atoms with E-state index in [9.17, 15) is 4.79 Å². The van der Waals surface area contributed by atoms with Crippen LogP contribution in [0.15, 0.2) is 108 Å². The van der Waals surface area contributed by atoms with Gasteiger partial charge in [-0.1, -0.05) is 64.5 Å². The van der Waals surface area contributed by atoms with Crippen molar-refractivity contribution in [2.75, 3.05) is 17.3 Å². The molecule has 0 atom stereocenters. The molecule has 0 bridgehead atoms. The highest BCUT2D eigenvalue weighted by molar-refractivity contribution is 9.10. The normalized spacial score (nSPS) is 10.9. The predicted octanol–water partition coefficient (Wildman–Crippen LogP) is 8.00. The Bertz CT molecular complexity index is 1410. The molecule has 0 radical (unpaired) electrons. The SMILES string of the molecule is COc1ccc(N(Cc2c3ccccc3cc3ccccc23)C(=O)Nc2ccc(Br)cc2)cc1. The molecule has 34 heavy (non-hydrogen) atoms. The molecule has 0 aromatic heterocycles. The first-order valence-corrected chi connectivity index (χ1v) is 11.8. The Morgan fingerprint density at radius 3 is 2.00 bits per heavy atom. The molecule has 5 aromatic rings. The first-order chi connectivity index (χ1) is 16.6. The van der Waals surface area contributed by atoms with Crippen LogP contribution in [0.4, 0.5) is 16.2 Å². The summed E-state index contributed by atoms with van der Waals surface area (Å²) in [6.07, 6.45) is 0. The van der Waals surface area contributed by atoms with E-state index >= 15 is 0 Å². The summed E-state index contributed by atoms with van der Waals surface area (Å²) in [4.78, 5) is 15.4. The molecular weight excluding hydrogens is 488 g/mol. The quantitative estimate of drug-likeness (QED) is 0.243. The zero-order valence-electron chi connectivity index (χ0n) is 18.7. The molecule has 0 saturated heterocycles. The number of hydrogen-bond acceptors (Lipinski definition) is 2. The van der Waals surface area contributed by atoms with Crippen LogP contribution in [0.25, 0.3) is 21.5 Å². The Kier molecular flexibility index (Phi) is 6.19. The number of carbonyl (C=O) groups is 1. The summed E-state index contributed by atoms with van der Waals surface area (Å²) in [6.45, 7) is 0.413. The molecule has 168 valence electrons. The molecule has 0 aliphatic rings. The summed E-state index contributed by atoms with van der Waals surface area (Å²) in [5, 5.41) is 7.62. The van der Waals surface area contributed by atoms with Gasteiger partial charge in [-0.25, -0.2) is 4.79 Å². The van der Waals surface area contributed by atoms with Crippen LogP contribution in [0.3, 0.4) is 0 Å². The average Bonchev–Trinajstić information content (AvgIpc) is 2.88. The van der Waals surface area contributed by atoms with Crippen LogP contribution in [-0.4, -0.2) is 13.1 Å². The number of hydrogen-bond donors (Lipinski definition) is 1. The minimum atomic E-state index is -0.204. The molecule has 0 fully saturated rings. The fourth-order valence-corrected chi connectivity index (χ4v) is 4.47. The second-order valence-corrected chi connectivity index (χ2v) is 8.93. The van der Waals surface area contributed by atoms with E-state index in [1.807, 2.05) is 72.8 Å². The van der Waals surface area contributed by atoms with Gasteiger partial charge in [0.2, 0.25) is 0 Å². The lowest BCUT2D eigenvalue weighted by Gasteiger charge is -2.25. The van der Waals surface area contributed by atoms with Crippen molar-refractivity contribution in [1.82, 2.24) is 0 Å². The topological polar surface area (TPSA) is 41.6 Å². The van der Waals surface area contributed by atoms with E-state index in [0.717, 1.165) is 48.7 Å². The fourth-order valence-electron chi connectivity index (χ4n) is 4.20. The van der Waals surface area contributed by atoms with Gasteiger partial charge in [-0.05, 0) is 81.7 Å². The molecule has 0 aliphatic carbocycles. The number of urea groups is 1. The maximum atomic E-state index is 13.6. The smallest absolute Gasteiger partial charge is 0.326 e. The molecule has 0 spiro atoms. The van der Waals surface area contributed by atoms with E-state index in [1.165, 1.54) is 0 Å². The molecule has 5 aromatic carbocycles. The number of carbonyl (C=O) groups excluding carboxylic acids is 1. The van der Waals surface area contributed by atoms with Gasteiger partial charge in [0, 0.05) is 15.8 Å². The van der Waals surface area contributed by atoms with Crippen molar-refractivity contribution >= 4 is 54.9 Å². The van der Waals surface area contributed by atoms with Gasteiger partial charge in [-0.15, -0.1) is 0 Å². The van der Waals surface area contributed by atoms with Crippen molar-refractivity contribution < 1.29 is 9.53 Å². The Morgan fingerprint density at radius 2 is 1.41 bits per heavy atom. The average molecular weight is 511 g/mol. The van der Waals surface area contributed by atoms with Gasteiger partial charge in [-0.3, -0.25) is 4.90 Å². The zero-order valence-corrected chi connectivity index (χ0v) is 20.2. The van der Waals surface area contributed by atoms with E-state index in [1.54, 1.807) is 12.0 Å². The van der Waals surface area contributed by atoms with Crippen molar-refractivity contribution in [2.45, 2.75) is 6.54 Å². The van der Waals surface area contributed by atoms with Crippen LogP contribution in [0.1, 0.15) is 5.56 Å². The maximum absolute atomic E-state index is 13.6. The van der Waals surface area contributed by atoms with Gasteiger partial charge >= 0.3 is 6.03 Å². The first kappa shape index (κ1) is 22.0. The molecule has 4 nitrogen and oxygen atoms in total. The fraction of sp³-hybridized carbons (Fsp3) is 0.0690. The third-order valence-electron chi connectivity index (χ3n) is 5.92. The third kappa shape index (κ3) is 4.47. The van der Waals surface area contributed by atoms with Gasteiger partial charge in [0.15, 0.2) is 0 Å². The predicted molar refractivity (Wildman–Crippen MR) is 144 cm³/mol. The number of rotatable bonds is 5. The van der Waals surface area contributed by atoms with Gasteiger partial charge < -0.3 is 10.1 Å². The highest BCUT2D eigenvalue weighted by Gasteiger charge is 2.20. The van der Waals surface area contributed by atoms with Crippen LogP contribution >= 0.6 is 15.9 Å². The highest BCUT2D eigenvalue weighted by Crippen LogP contribution is 2.31. The number of halogens is 1. The summed E-state index contributed by atoms with van der Waals surface area (Å²) in [5.74, 6) is 0.743. The van der Waals surface area contributed by atoms with Crippen molar-refractivity contribution in [1.29, 1.82) is 0 Å². The van der Waals surface area contributed by atoms with Crippen LogP contribution in [-0.2, 0) is 6.54 Å². The van der Waals surface area contributed by atoms with Crippen LogP contribution in [0.5, 0.6) is 5.75 Å². The lowest BCUT2D eigenvalue weighted by molar-refractivity contribution is 0.256. The molecule has 2 amide bonds. The van der Waals surface area contributed by atoms with E-state index in [0.29, 0.717) is 6.54 Å². The van der Waals surface area contributed by atoms with Gasteiger partial charge in [0.05, 0.1) is 13.7 Å². The minimum Gasteiger partial charge on any atom is -0.497 e. The maximum Gasteiger partial charge on any atom is 0.326 e. The molecular formula is C29H23BrN2O2. The summed E-state index contributed by atoms with van der Waals surface area (Å²) in [7, 11) is 1.63. The van der Waals surface area contributed by atoms with Crippen LogP contribution < -0.4 is 15.0 Å². The van der Waals surface area contributed by atoms with E-state index in [2.05, 4.69) is 51.6 Å². The second kappa shape index (κ2) is 9.57. The largest absolute Gasteiger partial charge is 0.497 e. The number of ether oxygens (including phenoxy) is 1. The van der Waals surface area contributed by atoms with Crippen molar-refractivity contribution in [3.63, 3.8) is 0 Å². The number of amides is 2. The Balaban J connectivity index is 1.61. The summed E-state index contributed by atoms with van der Waals surface area (Å²) in [6, 6.07) is 33.8. The third-order valence-corrected chi connectivity index (χ3v) is 6.45. The molecule has 0 saturated carbocycles. The summed E-state index contributed by atoms with van der Waals surface area (Å²) >= 11 is 3.45. The molecule has 1 N–H and O–H groups in total. The molecule has 5 rings (SSSR count). The molecule has 5 heteroatoms. The summed E-state index contributed by atoms with van der Waals surface area (Å²) in [5.41, 5.74) is 2.62. The van der Waals surface area contributed by atoms with Gasteiger partial charge in [-0.2, -0.15) is 0 Å². The number of methoxy groups -OCH3 is 1. The standard InChI is InChI=1S/C29H23BrN2O2/c1-34-25-16-14-24(15-17-25)32(29(33)31-23-12-10-22(30)11-13-23)19-28-26-8-4-2-6-20(26)18-21-7-3-5-9-27(21)28/h2-18H,19H2,1H3,(H,31,33). The minimum absolute atomic E-state index is 0.204. The Hall–Kier alpha value is -3.83. The lowest BCUT2D eigenvalue weighted by Crippen LogP contribution is -2.34. The zero-order chi connectivity index (χ0) is 23.5. The van der Waals surface area contributed by atoms with Crippen LogP contribution in [0, 0.1) is 0 Å². The van der Waals surface area contributed by atoms with Crippen LogP contribution in [0.2, 0.25) is 0 Å². The summed E-state index contributed by atoms with van der Waals surface area (Å²) < 4.78 is 6.28. The van der Waals surface area contributed by atoms with Crippen molar-refractivity contribution in [3.8, 4) is 5.75 Å².